The Morgan fingerprint density at radius 2 is 1.96 bits per heavy atom. The molecule has 1 aromatic heterocycles. The number of imidazole rings is 1. The van der Waals surface area contributed by atoms with Crippen molar-refractivity contribution in [2.45, 2.75) is 5.16 Å². The maximum atomic E-state index is 9.41. The van der Waals surface area contributed by atoms with Gasteiger partial charge in [-0.05, 0) is 47.7 Å². The van der Waals surface area contributed by atoms with Crippen LogP contribution >= 0.6 is 11.8 Å². The van der Waals surface area contributed by atoms with Gasteiger partial charge in [0, 0.05) is 0 Å². The number of hydrogen-bond donors (Lipinski definition) is 1. The summed E-state index contributed by atoms with van der Waals surface area (Å²) in [5, 5.41) is 10.1. The summed E-state index contributed by atoms with van der Waals surface area (Å²) in [7, 11) is 3.17. The zero-order valence-corrected chi connectivity index (χ0v) is 14.1. The largest absolute Gasteiger partial charge is 0.493 e. The molecule has 0 fully saturated rings. The standard InChI is InChI=1S/C18H15N3O2S/c1-22-16-8-7-12(10-17(16)23-2)9-13(11-19)24-18-20-14-5-3-4-6-15(14)21-18/h3-10H,1-2H3,(H,20,21). The maximum Gasteiger partial charge on any atom is 0.171 e. The molecule has 5 nitrogen and oxygen atoms in total. The van der Waals surface area contributed by atoms with Crippen LogP contribution in [0.4, 0.5) is 0 Å². The molecule has 1 heterocycles. The Morgan fingerprint density at radius 1 is 1.17 bits per heavy atom. The number of aromatic amines is 1. The van der Waals surface area contributed by atoms with E-state index in [0.717, 1.165) is 16.6 Å². The fourth-order valence-corrected chi connectivity index (χ4v) is 3.01. The lowest BCUT2D eigenvalue weighted by Crippen LogP contribution is -1.90. The van der Waals surface area contributed by atoms with E-state index >= 15 is 0 Å². The number of H-pyrrole nitrogens is 1. The van der Waals surface area contributed by atoms with E-state index in [1.165, 1.54) is 11.8 Å². The number of fused-ring (bicyclic) bond motifs is 1. The first-order valence-corrected chi connectivity index (χ1v) is 8.01. The van der Waals surface area contributed by atoms with Crippen molar-refractivity contribution >= 4 is 28.9 Å². The van der Waals surface area contributed by atoms with E-state index in [0.29, 0.717) is 21.6 Å². The number of benzene rings is 2. The van der Waals surface area contributed by atoms with Gasteiger partial charge in [-0.1, -0.05) is 18.2 Å². The Kier molecular flexibility index (Phi) is 4.73. The van der Waals surface area contributed by atoms with Crippen LogP contribution in [0.25, 0.3) is 17.1 Å². The molecule has 3 aromatic rings. The number of allylic oxidation sites excluding steroid dienone is 1. The summed E-state index contributed by atoms with van der Waals surface area (Å²) < 4.78 is 10.5. The molecule has 0 spiro atoms. The van der Waals surface area contributed by atoms with E-state index in [4.69, 9.17) is 9.47 Å². The minimum Gasteiger partial charge on any atom is -0.493 e. The van der Waals surface area contributed by atoms with Gasteiger partial charge in [-0.2, -0.15) is 5.26 Å². The van der Waals surface area contributed by atoms with E-state index in [9.17, 15) is 5.26 Å². The molecule has 6 heteroatoms. The predicted molar refractivity (Wildman–Crippen MR) is 95.1 cm³/mol. The Labute approximate surface area is 143 Å². The number of thioether (sulfide) groups is 1. The van der Waals surface area contributed by atoms with Gasteiger partial charge in [0.1, 0.15) is 6.07 Å². The van der Waals surface area contributed by atoms with Crippen LogP contribution in [-0.4, -0.2) is 24.2 Å². The molecule has 0 atom stereocenters. The van der Waals surface area contributed by atoms with E-state index in [1.54, 1.807) is 20.3 Å². The summed E-state index contributed by atoms with van der Waals surface area (Å²) >= 11 is 1.29. The van der Waals surface area contributed by atoms with E-state index in [2.05, 4.69) is 16.0 Å². The van der Waals surface area contributed by atoms with E-state index in [-0.39, 0.29) is 0 Å². The SMILES string of the molecule is COc1ccc(C=C(C#N)Sc2nc3ccccc3[nH]2)cc1OC. The number of hydrogen-bond acceptors (Lipinski definition) is 5. The van der Waals surface area contributed by atoms with Gasteiger partial charge in [0.2, 0.25) is 0 Å². The topological polar surface area (TPSA) is 70.9 Å². The molecule has 0 aliphatic rings. The van der Waals surface area contributed by atoms with E-state index in [1.807, 2.05) is 42.5 Å². The molecule has 0 amide bonds. The van der Waals surface area contributed by atoms with Gasteiger partial charge in [-0.15, -0.1) is 0 Å². The van der Waals surface area contributed by atoms with Gasteiger partial charge in [0.25, 0.3) is 0 Å². The number of aromatic nitrogens is 2. The molecular weight excluding hydrogens is 322 g/mol. The summed E-state index contributed by atoms with van der Waals surface area (Å²) in [6, 6.07) is 15.5. The van der Waals surface area contributed by atoms with Crippen LogP contribution in [0.3, 0.4) is 0 Å². The lowest BCUT2D eigenvalue weighted by Gasteiger charge is -2.07. The fourth-order valence-electron chi connectivity index (χ4n) is 2.26. The van der Waals surface area contributed by atoms with Crippen molar-refractivity contribution in [3.8, 4) is 17.6 Å². The predicted octanol–water partition coefficient (Wildman–Crippen LogP) is 4.24. The van der Waals surface area contributed by atoms with Crippen LogP contribution in [0.15, 0.2) is 52.5 Å². The number of ether oxygens (including phenoxy) is 2. The van der Waals surface area contributed by atoms with Crippen molar-refractivity contribution in [1.82, 2.24) is 9.97 Å². The second-order valence-electron chi connectivity index (χ2n) is 4.90. The maximum absolute atomic E-state index is 9.41. The molecule has 0 aliphatic carbocycles. The monoisotopic (exact) mass is 337 g/mol. The highest BCUT2D eigenvalue weighted by Crippen LogP contribution is 2.31. The summed E-state index contributed by atoms with van der Waals surface area (Å²) in [5.41, 5.74) is 2.68. The lowest BCUT2D eigenvalue weighted by molar-refractivity contribution is 0.355. The first-order valence-electron chi connectivity index (χ1n) is 7.20. The Bertz CT molecular complexity index is 908. The Morgan fingerprint density at radius 3 is 2.67 bits per heavy atom. The van der Waals surface area contributed by atoms with Crippen LogP contribution in [0, 0.1) is 11.3 Å². The average molecular weight is 337 g/mol. The molecule has 3 rings (SSSR count). The normalized spacial score (nSPS) is 11.3. The quantitative estimate of drug-likeness (QED) is 0.557. The van der Waals surface area contributed by atoms with Gasteiger partial charge in [-0.3, -0.25) is 0 Å². The number of nitrogens with zero attached hydrogens (tertiary/aromatic N) is 2. The zero-order valence-electron chi connectivity index (χ0n) is 13.2. The summed E-state index contributed by atoms with van der Waals surface area (Å²) in [6.45, 7) is 0. The molecular formula is C18H15N3O2S. The highest BCUT2D eigenvalue weighted by molar-refractivity contribution is 8.03. The first-order chi connectivity index (χ1) is 11.7. The van der Waals surface area contributed by atoms with Crippen molar-refractivity contribution in [2.75, 3.05) is 14.2 Å². The molecule has 0 radical (unpaired) electrons. The molecule has 24 heavy (non-hydrogen) atoms. The number of methoxy groups -OCH3 is 2. The molecule has 0 bridgehead atoms. The van der Waals surface area contributed by atoms with Gasteiger partial charge in [0.05, 0.1) is 30.2 Å². The highest BCUT2D eigenvalue weighted by atomic mass is 32.2. The molecule has 1 N–H and O–H groups in total. The molecule has 0 saturated carbocycles. The Hall–Kier alpha value is -2.91. The zero-order chi connectivity index (χ0) is 16.9. The fraction of sp³-hybridized carbons (Fsp3) is 0.111. The van der Waals surface area contributed by atoms with Crippen molar-refractivity contribution < 1.29 is 9.47 Å². The van der Waals surface area contributed by atoms with Gasteiger partial charge in [-0.25, -0.2) is 4.98 Å². The second-order valence-corrected chi connectivity index (χ2v) is 5.93. The van der Waals surface area contributed by atoms with Crippen molar-refractivity contribution in [3.05, 3.63) is 52.9 Å². The summed E-state index contributed by atoms with van der Waals surface area (Å²) in [5.74, 6) is 1.27. The van der Waals surface area contributed by atoms with Crippen LogP contribution in [0.1, 0.15) is 5.56 Å². The highest BCUT2D eigenvalue weighted by Gasteiger charge is 2.08. The summed E-state index contributed by atoms with van der Waals surface area (Å²) in [4.78, 5) is 8.21. The molecule has 0 unspecified atom stereocenters. The smallest absolute Gasteiger partial charge is 0.171 e. The van der Waals surface area contributed by atoms with Crippen LogP contribution in [0.2, 0.25) is 0 Å². The van der Waals surface area contributed by atoms with Crippen LogP contribution in [-0.2, 0) is 0 Å². The molecule has 0 saturated heterocycles. The third kappa shape index (κ3) is 3.36. The number of nitrogens with one attached hydrogen (secondary N) is 1. The second kappa shape index (κ2) is 7.11. The van der Waals surface area contributed by atoms with Crippen LogP contribution < -0.4 is 9.47 Å². The van der Waals surface area contributed by atoms with Crippen molar-refractivity contribution in [3.63, 3.8) is 0 Å². The van der Waals surface area contributed by atoms with Gasteiger partial charge >= 0.3 is 0 Å². The average Bonchev–Trinajstić information content (AvgIpc) is 3.03. The molecule has 120 valence electrons. The van der Waals surface area contributed by atoms with Gasteiger partial charge < -0.3 is 14.5 Å². The number of para-hydroxylation sites is 2. The molecule has 2 aromatic carbocycles. The third-order valence-electron chi connectivity index (χ3n) is 3.39. The summed E-state index contributed by atoms with van der Waals surface area (Å²) in [6.07, 6.45) is 1.79. The minimum absolute atomic E-state index is 0.529. The number of rotatable bonds is 5. The lowest BCUT2D eigenvalue weighted by atomic mass is 10.2. The van der Waals surface area contributed by atoms with Crippen molar-refractivity contribution in [2.24, 2.45) is 0 Å². The Balaban J connectivity index is 1.88. The van der Waals surface area contributed by atoms with E-state index < -0.39 is 0 Å². The number of nitriles is 1. The van der Waals surface area contributed by atoms with Gasteiger partial charge in [0.15, 0.2) is 16.7 Å². The minimum atomic E-state index is 0.529. The molecule has 0 aliphatic heterocycles. The third-order valence-corrected chi connectivity index (χ3v) is 4.21. The first kappa shape index (κ1) is 16.0. The van der Waals surface area contributed by atoms with Crippen molar-refractivity contribution in [1.29, 1.82) is 5.26 Å². The van der Waals surface area contributed by atoms with Crippen LogP contribution in [0.5, 0.6) is 11.5 Å².